The standard InChI is InChI=1S/C33H36ClN7O6S/c1-19-16-26(48(35,46)47)14-15-27(19)22-6-2-20(3-7-22)17-28(38-30(42)24-8-4-21(5-9-24)18-36-33(44)45)31(43)37-25-12-10-23(11-13-25)29-39-32(34)41-40-29/h2-3,6-7,10-16,21,24,28,36H,4-5,8-9,17-18H2,1H3,(H,37,43)(H,38,42)(H,44,45)(H2,35,46,47)(H,39,40,41)/t21-,24-,28-/m0/s1. The van der Waals surface area contributed by atoms with E-state index in [1.165, 1.54) is 12.1 Å². The minimum absolute atomic E-state index is 0.0346. The lowest BCUT2D eigenvalue weighted by Crippen LogP contribution is -2.48. The Morgan fingerprint density at radius 1 is 0.979 bits per heavy atom. The van der Waals surface area contributed by atoms with Crippen molar-refractivity contribution in [1.29, 1.82) is 0 Å². The molecule has 0 aliphatic heterocycles. The van der Waals surface area contributed by atoms with Crippen LogP contribution in [0, 0.1) is 18.8 Å². The molecular formula is C33H36ClN7O6S. The van der Waals surface area contributed by atoms with Gasteiger partial charge in [-0.3, -0.25) is 9.59 Å². The van der Waals surface area contributed by atoms with Gasteiger partial charge in [0.2, 0.25) is 27.1 Å². The SMILES string of the molecule is Cc1cc(S(N)(=O)=O)ccc1-c1ccc(C[C@H](NC(=O)[C@H]2CC[C@H](CNC(=O)O)CC2)C(=O)Nc2ccc(-c3nnc(Cl)[nH]3)cc2)cc1. The van der Waals surface area contributed by atoms with Crippen LogP contribution in [0.5, 0.6) is 0 Å². The maximum absolute atomic E-state index is 13.6. The summed E-state index contributed by atoms with van der Waals surface area (Å²) < 4.78 is 23.5. The number of H-pyrrole nitrogens is 1. The lowest BCUT2D eigenvalue weighted by molar-refractivity contribution is -0.130. The van der Waals surface area contributed by atoms with Crippen molar-refractivity contribution in [1.82, 2.24) is 25.8 Å². The van der Waals surface area contributed by atoms with Crippen LogP contribution >= 0.6 is 11.6 Å². The van der Waals surface area contributed by atoms with Crippen LogP contribution in [0.3, 0.4) is 0 Å². The molecular weight excluding hydrogens is 658 g/mol. The third kappa shape index (κ3) is 8.97. The zero-order chi connectivity index (χ0) is 34.4. The predicted molar refractivity (Wildman–Crippen MR) is 181 cm³/mol. The van der Waals surface area contributed by atoms with E-state index >= 15 is 0 Å². The predicted octanol–water partition coefficient (Wildman–Crippen LogP) is 4.49. The maximum atomic E-state index is 13.6. The number of hydrogen-bond donors (Lipinski definition) is 6. The van der Waals surface area contributed by atoms with Gasteiger partial charge in [0.15, 0.2) is 5.82 Å². The molecule has 48 heavy (non-hydrogen) atoms. The molecule has 0 unspecified atom stereocenters. The van der Waals surface area contributed by atoms with Crippen LogP contribution in [0.2, 0.25) is 5.28 Å². The second kappa shape index (κ2) is 15.0. The minimum atomic E-state index is -3.82. The molecule has 0 bridgehead atoms. The Kier molecular flexibility index (Phi) is 10.8. The zero-order valence-corrected chi connectivity index (χ0v) is 27.6. The van der Waals surface area contributed by atoms with Crippen LogP contribution < -0.4 is 21.1 Å². The Morgan fingerprint density at radius 3 is 2.23 bits per heavy atom. The monoisotopic (exact) mass is 693 g/mol. The number of carbonyl (C=O) groups excluding carboxylic acids is 2. The first-order chi connectivity index (χ1) is 22.9. The highest BCUT2D eigenvalue weighted by Gasteiger charge is 2.30. The Labute approximate surface area is 282 Å². The van der Waals surface area contributed by atoms with E-state index < -0.39 is 28.1 Å². The number of sulfonamides is 1. The second-order valence-corrected chi connectivity index (χ2v) is 13.8. The smallest absolute Gasteiger partial charge is 0.404 e. The fourth-order valence-corrected chi connectivity index (χ4v) is 6.59. The quantitative estimate of drug-likeness (QED) is 0.132. The molecule has 15 heteroatoms. The lowest BCUT2D eigenvalue weighted by Gasteiger charge is -2.29. The number of carbonyl (C=O) groups is 3. The molecule has 7 N–H and O–H groups in total. The van der Waals surface area contributed by atoms with Crippen LogP contribution in [0.25, 0.3) is 22.5 Å². The molecule has 5 rings (SSSR count). The van der Waals surface area contributed by atoms with Gasteiger partial charge in [0, 0.05) is 30.1 Å². The van der Waals surface area contributed by atoms with E-state index in [-0.39, 0.29) is 34.3 Å². The molecule has 13 nitrogen and oxygen atoms in total. The number of primary sulfonamides is 1. The zero-order valence-electron chi connectivity index (χ0n) is 26.1. The van der Waals surface area contributed by atoms with Gasteiger partial charge in [-0.25, -0.2) is 18.4 Å². The van der Waals surface area contributed by atoms with Gasteiger partial charge in [-0.15, -0.1) is 10.2 Å². The van der Waals surface area contributed by atoms with Crippen molar-refractivity contribution in [3.05, 3.63) is 83.1 Å². The fraction of sp³-hybridized carbons (Fsp3) is 0.303. The molecule has 3 amide bonds. The number of aromatic amines is 1. The van der Waals surface area contributed by atoms with Crippen LogP contribution in [-0.4, -0.2) is 59.2 Å². The molecule has 0 spiro atoms. The number of aryl methyl sites for hydroxylation is 1. The van der Waals surface area contributed by atoms with E-state index in [1.807, 2.05) is 24.3 Å². The van der Waals surface area contributed by atoms with E-state index in [9.17, 15) is 22.8 Å². The van der Waals surface area contributed by atoms with Gasteiger partial charge in [0.05, 0.1) is 4.90 Å². The van der Waals surface area contributed by atoms with Gasteiger partial charge in [-0.05, 0) is 109 Å². The lowest BCUT2D eigenvalue weighted by atomic mass is 9.81. The highest BCUT2D eigenvalue weighted by molar-refractivity contribution is 7.89. The summed E-state index contributed by atoms with van der Waals surface area (Å²) >= 11 is 5.84. The summed E-state index contributed by atoms with van der Waals surface area (Å²) in [5, 5.41) is 30.3. The second-order valence-electron chi connectivity index (χ2n) is 11.9. The van der Waals surface area contributed by atoms with Gasteiger partial charge < -0.3 is 26.0 Å². The molecule has 0 saturated heterocycles. The Morgan fingerprint density at radius 2 is 1.65 bits per heavy atom. The summed E-state index contributed by atoms with van der Waals surface area (Å²) in [6, 6.07) is 18.2. The molecule has 1 fully saturated rings. The minimum Gasteiger partial charge on any atom is -0.465 e. The molecule has 0 radical (unpaired) electrons. The van der Waals surface area contributed by atoms with Crippen molar-refractivity contribution >= 4 is 45.2 Å². The molecule has 4 aromatic rings. The third-order valence-corrected chi connectivity index (χ3v) is 9.59. The van der Waals surface area contributed by atoms with Crippen molar-refractivity contribution in [2.45, 2.75) is 50.0 Å². The van der Waals surface area contributed by atoms with Gasteiger partial charge >= 0.3 is 6.09 Å². The number of nitrogens with two attached hydrogens (primary N) is 1. The van der Waals surface area contributed by atoms with Crippen LogP contribution in [0.15, 0.2) is 71.6 Å². The molecule has 1 saturated carbocycles. The van der Waals surface area contributed by atoms with Crippen LogP contribution in [0.4, 0.5) is 10.5 Å². The van der Waals surface area contributed by atoms with E-state index in [0.717, 1.165) is 27.8 Å². The highest BCUT2D eigenvalue weighted by atomic mass is 35.5. The summed E-state index contributed by atoms with van der Waals surface area (Å²) in [5.41, 5.74) is 4.48. The molecule has 1 aliphatic carbocycles. The van der Waals surface area contributed by atoms with E-state index in [4.69, 9.17) is 21.8 Å². The first-order valence-electron chi connectivity index (χ1n) is 15.3. The summed E-state index contributed by atoms with van der Waals surface area (Å²) in [6.45, 7) is 2.15. The van der Waals surface area contributed by atoms with Crippen molar-refractivity contribution in [2.24, 2.45) is 17.0 Å². The number of nitrogens with one attached hydrogen (secondary N) is 4. The number of amides is 3. The van der Waals surface area contributed by atoms with Gasteiger partial charge in [-0.1, -0.05) is 30.3 Å². The first-order valence-corrected chi connectivity index (χ1v) is 17.3. The van der Waals surface area contributed by atoms with E-state index in [2.05, 4.69) is 31.1 Å². The Bertz CT molecular complexity index is 1890. The largest absolute Gasteiger partial charge is 0.465 e. The van der Waals surface area contributed by atoms with Crippen LogP contribution in [-0.2, 0) is 26.0 Å². The van der Waals surface area contributed by atoms with E-state index in [0.29, 0.717) is 43.7 Å². The summed E-state index contributed by atoms with van der Waals surface area (Å²) in [4.78, 5) is 40.8. The number of anilines is 1. The first kappa shape index (κ1) is 34.5. The molecule has 1 heterocycles. The Hall–Kier alpha value is -4.79. The fourth-order valence-electron chi connectivity index (χ4n) is 5.86. The van der Waals surface area contributed by atoms with Crippen LogP contribution in [0.1, 0.15) is 36.8 Å². The molecule has 1 aromatic heterocycles. The average Bonchev–Trinajstić information content (AvgIpc) is 3.50. The molecule has 1 atom stereocenters. The van der Waals surface area contributed by atoms with Crippen molar-refractivity contribution < 1.29 is 27.9 Å². The van der Waals surface area contributed by atoms with Gasteiger partial charge in [-0.2, -0.15) is 0 Å². The highest BCUT2D eigenvalue weighted by Crippen LogP contribution is 2.29. The number of halogens is 1. The number of rotatable bonds is 11. The molecule has 3 aromatic carbocycles. The molecule has 252 valence electrons. The van der Waals surface area contributed by atoms with Crippen molar-refractivity contribution in [3.8, 4) is 22.5 Å². The van der Waals surface area contributed by atoms with Crippen molar-refractivity contribution in [2.75, 3.05) is 11.9 Å². The molecule has 1 aliphatic rings. The average molecular weight is 694 g/mol. The number of carboxylic acid groups (broad SMARTS) is 1. The Balaban J connectivity index is 1.30. The topological polar surface area (TPSA) is 209 Å². The number of hydrogen-bond acceptors (Lipinski definition) is 7. The maximum Gasteiger partial charge on any atom is 0.404 e. The summed E-state index contributed by atoms with van der Waals surface area (Å²) in [7, 11) is -3.82. The van der Waals surface area contributed by atoms with Gasteiger partial charge in [0.25, 0.3) is 0 Å². The van der Waals surface area contributed by atoms with Crippen molar-refractivity contribution in [3.63, 3.8) is 0 Å². The number of aromatic nitrogens is 3. The number of nitrogens with zero attached hydrogens (tertiary/aromatic N) is 2. The summed E-state index contributed by atoms with van der Waals surface area (Å²) in [5.74, 6) is -0.259. The summed E-state index contributed by atoms with van der Waals surface area (Å²) in [6.07, 6.45) is 1.75. The van der Waals surface area contributed by atoms with E-state index in [1.54, 1.807) is 37.3 Å². The normalized spacial score (nSPS) is 16.9. The number of benzene rings is 3. The third-order valence-electron chi connectivity index (χ3n) is 8.51. The van der Waals surface area contributed by atoms with Gasteiger partial charge in [0.1, 0.15) is 6.04 Å².